The highest BCUT2D eigenvalue weighted by atomic mass is 79.9. The first-order chi connectivity index (χ1) is 13.5. The molecule has 0 radical (unpaired) electrons. The van der Waals surface area contributed by atoms with Crippen LogP contribution in [0.25, 0.3) is 0 Å². The molecule has 0 saturated carbocycles. The maximum atomic E-state index is 12.9. The molecule has 2 amide bonds. The highest BCUT2D eigenvalue weighted by Gasteiger charge is 2.30. The Morgan fingerprint density at radius 2 is 2.07 bits per heavy atom. The van der Waals surface area contributed by atoms with Gasteiger partial charge >= 0.3 is 0 Å². The van der Waals surface area contributed by atoms with Gasteiger partial charge in [0.25, 0.3) is 0 Å². The first-order valence-corrected chi connectivity index (χ1v) is 10.1. The van der Waals surface area contributed by atoms with Gasteiger partial charge in [0, 0.05) is 22.5 Å². The zero-order chi connectivity index (χ0) is 20.1. The van der Waals surface area contributed by atoms with Gasteiger partial charge < -0.3 is 10.6 Å². The van der Waals surface area contributed by atoms with Crippen LogP contribution in [-0.4, -0.2) is 17.6 Å². The fourth-order valence-electron chi connectivity index (χ4n) is 2.81. The van der Waals surface area contributed by atoms with Crippen molar-refractivity contribution in [2.45, 2.75) is 12.3 Å². The highest BCUT2D eigenvalue weighted by Crippen LogP contribution is 2.36. The Bertz CT molecular complexity index is 986. The van der Waals surface area contributed by atoms with Gasteiger partial charge in [0.15, 0.2) is 0 Å². The van der Waals surface area contributed by atoms with Crippen molar-refractivity contribution in [1.29, 1.82) is 5.26 Å². The van der Waals surface area contributed by atoms with Crippen molar-refractivity contribution in [3.05, 3.63) is 75.0 Å². The molecule has 2 aromatic carbocycles. The number of halogens is 2. The molecule has 2 N–H and O–H groups in total. The van der Waals surface area contributed by atoms with Gasteiger partial charge in [-0.3, -0.25) is 9.59 Å². The molecule has 0 saturated heterocycles. The third kappa shape index (κ3) is 5.00. The lowest BCUT2D eigenvalue weighted by molar-refractivity contribution is -0.121. The van der Waals surface area contributed by atoms with Crippen LogP contribution in [-0.2, 0) is 9.59 Å². The number of nitrogens with one attached hydrogen (secondary N) is 2. The summed E-state index contributed by atoms with van der Waals surface area (Å²) >= 11 is 4.50. The second-order valence-electron chi connectivity index (χ2n) is 6.06. The van der Waals surface area contributed by atoms with Crippen LogP contribution in [0.1, 0.15) is 17.9 Å². The number of rotatable bonds is 5. The summed E-state index contributed by atoms with van der Waals surface area (Å²) in [6, 6.07) is 15.1. The summed E-state index contributed by atoms with van der Waals surface area (Å²) in [6.45, 7) is 0. The lowest BCUT2D eigenvalue weighted by Gasteiger charge is -2.25. The summed E-state index contributed by atoms with van der Waals surface area (Å²) in [7, 11) is 0. The molecule has 5 nitrogen and oxygen atoms in total. The molecule has 1 aliphatic rings. The van der Waals surface area contributed by atoms with Crippen molar-refractivity contribution in [1.82, 2.24) is 5.32 Å². The lowest BCUT2D eigenvalue weighted by Crippen LogP contribution is -2.31. The second-order valence-corrected chi connectivity index (χ2v) is 7.96. The van der Waals surface area contributed by atoms with Crippen LogP contribution in [0.4, 0.5) is 10.1 Å². The number of carbonyl (C=O) groups is 2. The average molecular weight is 460 g/mol. The van der Waals surface area contributed by atoms with Gasteiger partial charge in [-0.25, -0.2) is 4.39 Å². The van der Waals surface area contributed by atoms with E-state index < -0.39 is 0 Å². The molecule has 1 atom stereocenters. The molecule has 0 bridgehead atoms. The molecule has 0 fully saturated rings. The zero-order valence-corrected chi connectivity index (χ0v) is 16.9. The third-order valence-electron chi connectivity index (χ3n) is 4.08. The Morgan fingerprint density at radius 3 is 2.75 bits per heavy atom. The molecule has 1 aliphatic heterocycles. The number of thioether (sulfide) groups is 1. The van der Waals surface area contributed by atoms with E-state index in [0.29, 0.717) is 16.3 Å². The van der Waals surface area contributed by atoms with Gasteiger partial charge in [-0.15, -0.1) is 0 Å². The zero-order valence-electron chi connectivity index (χ0n) is 14.5. The van der Waals surface area contributed by atoms with Crippen molar-refractivity contribution in [3.8, 4) is 6.07 Å². The van der Waals surface area contributed by atoms with E-state index in [-0.39, 0.29) is 35.7 Å². The summed E-state index contributed by atoms with van der Waals surface area (Å²) in [5.41, 5.74) is 1.76. The standard InChI is InChI=1S/C20H15BrFN3O2S/c21-13-3-1-2-12(8-13)16-9-18(26)25-20(17(16)10-23)28-11-19(27)24-15-6-4-14(22)5-7-15/h1-8,16H,9,11H2,(H,24,27)(H,25,26)/t16-/m0/s1. The van der Waals surface area contributed by atoms with Crippen LogP contribution in [0.15, 0.2) is 63.6 Å². The molecular formula is C20H15BrFN3O2S. The molecule has 28 heavy (non-hydrogen) atoms. The van der Waals surface area contributed by atoms with Crippen LogP contribution in [0.5, 0.6) is 0 Å². The van der Waals surface area contributed by atoms with Crippen LogP contribution in [0.3, 0.4) is 0 Å². The van der Waals surface area contributed by atoms with Gasteiger partial charge in [-0.2, -0.15) is 5.26 Å². The maximum Gasteiger partial charge on any atom is 0.234 e. The summed E-state index contributed by atoms with van der Waals surface area (Å²) in [5.74, 6) is -1.27. The van der Waals surface area contributed by atoms with Gasteiger partial charge in [-0.1, -0.05) is 39.8 Å². The predicted octanol–water partition coefficient (Wildman–Crippen LogP) is 4.30. The Hall–Kier alpha value is -2.63. The van der Waals surface area contributed by atoms with Crippen LogP contribution in [0.2, 0.25) is 0 Å². The molecule has 0 unspecified atom stereocenters. The fraction of sp³-hybridized carbons (Fsp3) is 0.150. The normalized spacial score (nSPS) is 16.3. The summed E-state index contributed by atoms with van der Waals surface area (Å²) in [5, 5.41) is 15.4. The summed E-state index contributed by atoms with van der Waals surface area (Å²) in [6.07, 6.45) is 0.172. The number of hydrogen-bond acceptors (Lipinski definition) is 4. The van der Waals surface area contributed by atoms with Crippen molar-refractivity contribution in [2.24, 2.45) is 0 Å². The summed E-state index contributed by atoms with van der Waals surface area (Å²) < 4.78 is 13.8. The summed E-state index contributed by atoms with van der Waals surface area (Å²) in [4.78, 5) is 24.3. The maximum absolute atomic E-state index is 12.9. The van der Waals surface area contributed by atoms with Crippen LogP contribution in [0, 0.1) is 17.1 Å². The Morgan fingerprint density at radius 1 is 1.32 bits per heavy atom. The number of hydrogen-bond donors (Lipinski definition) is 2. The smallest absolute Gasteiger partial charge is 0.234 e. The van der Waals surface area contributed by atoms with E-state index >= 15 is 0 Å². The average Bonchev–Trinajstić information content (AvgIpc) is 2.67. The van der Waals surface area contributed by atoms with Crippen molar-refractivity contribution >= 4 is 45.2 Å². The van der Waals surface area contributed by atoms with E-state index in [1.54, 1.807) is 0 Å². The van der Waals surface area contributed by atoms with E-state index in [1.807, 2.05) is 24.3 Å². The molecule has 3 rings (SSSR count). The first-order valence-electron chi connectivity index (χ1n) is 8.34. The minimum absolute atomic E-state index is 0.00335. The monoisotopic (exact) mass is 459 g/mol. The molecule has 2 aromatic rings. The fourth-order valence-corrected chi connectivity index (χ4v) is 4.10. The van der Waals surface area contributed by atoms with E-state index in [0.717, 1.165) is 21.8 Å². The molecule has 0 spiro atoms. The van der Waals surface area contributed by atoms with E-state index in [9.17, 15) is 19.2 Å². The largest absolute Gasteiger partial charge is 0.325 e. The Kier molecular flexibility index (Phi) is 6.49. The van der Waals surface area contributed by atoms with Crippen LogP contribution < -0.4 is 10.6 Å². The van der Waals surface area contributed by atoms with Crippen molar-refractivity contribution in [3.63, 3.8) is 0 Å². The minimum Gasteiger partial charge on any atom is -0.325 e. The first kappa shape index (κ1) is 20.1. The second kappa shape index (κ2) is 9.04. The molecule has 0 aliphatic carbocycles. The van der Waals surface area contributed by atoms with Gasteiger partial charge in [0.2, 0.25) is 11.8 Å². The van der Waals surface area contributed by atoms with Gasteiger partial charge in [0.05, 0.1) is 22.4 Å². The van der Waals surface area contributed by atoms with Crippen molar-refractivity contribution < 1.29 is 14.0 Å². The van der Waals surface area contributed by atoms with Crippen molar-refractivity contribution in [2.75, 3.05) is 11.1 Å². The molecule has 8 heteroatoms. The Labute approximate surface area is 174 Å². The number of benzene rings is 2. The molecule has 1 heterocycles. The molecule has 142 valence electrons. The number of nitriles is 1. The molecular weight excluding hydrogens is 445 g/mol. The molecule has 0 aromatic heterocycles. The quantitative estimate of drug-likeness (QED) is 0.698. The number of nitrogens with zero attached hydrogens (tertiary/aromatic N) is 1. The van der Waals surface area contributed by atoms with Gasteiger partial charge in [0.1, 0.15) is 5.82 Å². The van der Waals surface area contributed by atoms with E-state index in [1.165, 1.54) is 24.3 Å². The Balaban J connectivity index is 1.74. The van der Waals surface area contributed by atoms with Gasteiger partial charge in [-0.05, 0) is 42.0 Å². The topological polar surface area (TPSA) is 82.0 Å². The predicted molar refractivity (Wildman–Crippen MR) is 110 cm³/mol. The van der Waals surface area contributed by atoms with E-state index in [2.05, 4.69) is 32.6 Å². The minimum atomic E-state index is -0.389. The van der Waals surface area contributed by atoms with E-state index in [4.69, 9.17) is 0 Å². The highest BCUT2D eigenvalue weighted by molar-refractivity contribution is 9.10. The lowest BCUT2D eigenvalue weighted by atomic mass is 9.87. The number of carbonyl (C=O) groups excluding carboxylic acids is 2. The third-order valence-corrected chi connectivity index (χ3v) is 5.59. The number of amides is 2. The van der Waals surface area contributed by atoms with Crippen LogP contribution >= 0.6 is 27.7 Å². The SMILES string of the molecule is N#CC1=C(SCC(=O)Nc2ccc(F)cc2)NC(=O)C[C@H]1c1cccc(Br)c1. The number of allylic oxidation sites excluding steroid dienone is 1. The number of anilines is 1.